The number of carbonyl (C=O) groups is 1. The lowest BCUT2D eigenvalue weighted by Crippen LogP contribution is -2.32. The van der Waals surface area contributed by atoms with E-state index in [1.54, 1.807) is 17.8 Å². The van der Waals surface area contributed by atoms with E-state index in [4.69, 9.17) is 19.7 Å². The average Bonchev–Trinajstić information content (AvgIpc) is 3.33. The van der Waals surface area contributed by atoms with Gasteiger partial charge in [0.15, 0.2) is 6.61 Å². The second-order valence-corrected chi connectivity index (χ2v) is 11.2. The molecule has 0 atom stereocenters. The van der Waals surface area contributed by atoms with E-state index in [1.807, 2.05) is 26.0 Å². The van der Waals surface area contributed by atoms with Crippen LogP contribution >= 0.6 is 23.1 Å². The molecule has 43 heavy (non-hydrogen) atoms. The number of rotatable bonds is 17. The maximum absolute atomic E-state index is 14.0. The zero-order valence-electron chi connectivity index (χ0n) is 23.6. The van der Waals surface area contributed by atoms with Crippen molar-refractivity contribution in [2.45, 2.75) is 37.1 Å². The fourth-order valence-electron chi connectivity index (χ4n) is 3.65. The van der Waals surface area contributed by atoms with Crippen molar-refractivity contribution >= 4 is 29.0 Å². The van der Waals surface area contributed by atoms with Gasteiger partial charge < -0.3 is 19.5 Å². The fourth-order valence-corrected chi connectivity index (χ4v) is 5.84. The Balaban J connectivity index is 1.39. The van der Waals surface area contributed by atoms with Gasteiger partial charge in [-0.2, -0.15) is 13.2 Å². The summed E-state index contributed by atoms with van der Waals surface area (Å²) in [6.45, 7) is 5.89. The van der Waals surface area contributed by atoms with Crippen molar-refractivity contribution in [3.8, 4) is 16.3 Å². The van der Waals surface area contributed by atoms with Gasteiger partial charge in [0, 0.05) is 45.7 Å². The highest BCUT2D eigenvalue weighted by Crippen LogP contribution is 2.37. The Bertz CT molecular complexity index is 1410. The van der Waals surface area contributed by atoms with Crippen LogP contribution in [0, 0.1) is 19.7 Å². The lowest BCUT2D eigenvalue weighted by molar-refractivity contribution is -0.140. The van der Waals surface area contributed by atoms with Crippen molar-refractivity contribution in [3.63, 3.8) is 0 Å². The lowest BCUT2D eigenvalue weighted by Gasteiger charge is -2.11. The number of benzene rings is 2. The predicted molar refractivity (Wildman–Crippen MR) is 157 cm³/mol. The van der Waals surface area contributed by atoms with E-state index in [2.05, 4.69) is 20.3 Å². The Hall–Kier alpha value is -3.36. The van der Waals surface area contributed by atoms with E-state index in [-0.39, 0.29) is 12.5 Å². The average molecular weight is 642 g/mol. The van der Waals surface area contributed by atoms with Gasteiger partial charge >= 0.3 is 6.18 Å². The number of ether oxygens (including phenoxy) is 3. The van der Waals surface area contributed by atoms with Crippen LogP contribution in [0.5, 0.6) is 5.75 Å². The monoisotopic (exact) mass is 641 g/mol. The van der Waals surface area contributed by atoms with Crippen molar-refractivity contribution < 1.29 is 36.6 Å². The third kappa shape index (κ3) is 11.3. The number of nitrogens with one attached hydrogen (secondary N) is 1. The molecular weight excluding hydrogens is 610 g/mol. The molecule has 2 aromatic carbocycles. The molecule has 0 saturated heterocycles. The fraction of sp³-hybridized carbons (Fsp3) is 0.429. The molecule has 0 unspecified atom stereocenters. The topological polar surface area (TPSA) is 118 Å². The van der Waals surface area contributed by atoms with Gasteiger partial charge in [0.05, 0.1) is 31.1 Å². The molecule has 15 heteroatoms. The highest BCUT2D eigenvalue weighted by atomic mass is 32.2. The quantitative estimate of drug-likeness (QED) is 0.0419. The first-order valence-electron chi connectivity index (χ1n) is 13.2. The van der Waals surface area contributed by atoms with Gasteiger partial charge in [0.2, 0.25) is 0 Å². The molecule has 0 spiro atoms. The zero-order chi connectivity index (χ0) is 31.2. The van der Waals surface area contributed by atoms with Crippen LogP contribution in [0.4, 0.5) is 17.6 Å². The Morgan fingerprint density at radius 2 is 1.88 bits per heavy atom. The maximum atomic E-state index is 14.0. The highest BCUT2D eigenvalue weighted by molar-refractivity contribution is 7.98. The number of hydrogen-bond donors (Lipinski definition) is 1. The van der Waals surface area contributed by atoms with Crippen molar-refractivity contribution in [2.75, 3.05) is 46.1 Å². The molecule has 0 aliphatic rings. The van der Waals surface area contributed by atoms with Gasteiger partial charge in [-0.3, -0.25) is 4.79 Å². The molecule has 232 valence electrons. The third-order valence-corrected chi connectivity index (χ3v) is 8.25. The summed E-state index contributed by atoms with van der Waals surface area (Å²) in [7, 11) is 0. The van der Waals surface area contributed by atoms with Gasteiger partial charge in [0.1, 0.15) is 16.6 Å². The van der Waals surface area contributed by atoms with E-state index in [0.717, 1.165) is 33.2 Å². The van der Waals surface area contributed by atoms with Gasteiger partial charge in [-0.25, -0.2) is 9.37 Å². The number of aryl methyl sites for hydroxylation is 2. The molecule has 3 rings (SSSR count). The molecule has 1 amide bonds. The third-order valence-electron chi connectivity index (χ3n) is 5.84. The number of alkyl halides is 3. The molecule has 0 saturated carbocycles. The summed E-state index contributed by atoms with van der Waals surface area (Å²) < 4.78 is 69.0. The summed E-state index contributed by atoms with van der Waals surface area (Å²) in [6.07, 6.45) is -4.10. The first-order valence-corrected chi connectivity index (χ1v) is 15.0. The number of carbonyl (C=O) groups excluding carboxylic acids is 1. The van der Waals surface area contributed by atoms with E-state index >= 15 is 0 Å². The molecule has 3 aromatic rings. The second kappa shape index (κ2) is 17.1. The van der Waals surface area contributed by atoms with Gasteiger partial charge in [0.25, 0.3) is 5.91 Å². The van der Waals surface area contributed by atoms with Crippen molar-refractivity contribution in [1.29, 1.82) is 0 Å². The molecule has 1 aromatic heterocycles. The van der Waals surface area contributed by atoms with Gasteiger partial charge in [-0.15, -0.1) is 23.1 Å². The number of thiazole rings is 1. The Kier molecular flexibility index (Phi) is 13.5. The first-order chi connectivity index (χ1) is 20.6. The number of aromatic nitrogens is 1. The summed E-state index contributed by atoms with van der Waals surface area (Å²) in [6, 6.07) is 8.43. The molecule has 0 aliphatic carbocycles. The standard InChI is InChI=1S/C28H31F4N5O4S2/c1-18-14-21(5-7-24(18)41-16-26(38)34-9-11-40-13-12-39-10-3-8-35-37-33)42-17-25-19(2)36-27(43-25)20-4-6-22(23(29)15-20)28(30,31)32/h4-7,14-15H,3,8-13,16-17H2,1-2H3,(H,34,38). The van der Waals surface area contributed by atoms with Crippen LogP contribution in [0.1, 0.15) is 28.1 Å². The highest BCUT2D eigenvalue weighted by Gasteiger charge is 2.34. The van der Waals surface area contributed by atoms with Crippen LogP contribution in [0.2, 0.25) is 0 Å². The maximum Gasteiger partial charge on any atom is 0.419 e. The Morgan fingerprint density at radius 3 is 2.58 bits per heavy atom. The summed E-state index contributed by atoms with van der Waals surface area (Å²) in [4.78, 5) is 21.1. The summed E-state index contributed by atoms with van der Waals surface area (Å²) in [5.41, 5.74) is 8.76. The number of nitrogens with zero attached hydrogens (tertiary/aromatic N) is 4. The van der Waals surface area contributed by atoms with E-state index < -0.39 is 17.6 Å². The lowest BCUT2D eigenvalue weighted by atomic mass is 10.1. The summed E-state index contributed by atoms with van der Waals surface area (Å²) in [5, 5.41) is 6.59. The minimum atomic E-state index is -4.75. The molecule has 9 nitrogen and oxygen atoms in total. The normalized spacial score (nSPS) is 11.3. The SMILES string of the molecule is Cc1cc(SCc2sc(-c3ccc(C(F)(F)F)c(F)c3)nc2C)ccc1OCC(=O)NCCOCCOCCCN=[N+]=[N-]. The largest absolute Gasteiger partial charge is 0.484 e. The van der Waals surface area contributed by atoms with Crippen molar-refractivity contribution in [3.05, 3.63) is 74.4 Å². The van der Waals surface area contributed by atoms with Crippen LogP contribution < -0.4 is 10.1 Å². The molecular formula is C28H31F4N5O4S2. The molecule has 0 fully saturated rings. The number of amides is 1. The molecule has 1 heterocycles. The van der Waals surface area contributed by atoms with Crippen LogP contribution in [-0.2, 0) is 26.2 Å². The van der Waals surface area contributed by atoms with Crippen LogP contribution in [0.3, 0.4) is 0 Å². The Morgan fingerprint density at radius 1 is 1.12 bits per heavy atom. The van der Waals surface area contributed by atoms with E-state index in [0.29, 0.717) is 68.0 Å². The van der Waals surface area contributed by atoms with Crippen LogP contribution in [-0.4, -0.2) is 57.0 Å². The number of hydrogen-bond acceptors (Lipinski definition) is 8. The van der Waals surface area contributed by atoms with E-state index in [1.165, 1.54) is 17.4 Å². The van der Waals surface area contributed by atoms with E-state index in [9.17, 15) is 22.4 Å². The zero-order valence-corrected chi connectivity index (χ0v) is 25.2. The number of halogens is 4. The second-order valence-electron chi connectivity index (χ2n) is 9.11. The molecule has 0 bridgehead atoms. The number of thioether (sulfide) groups is 1. The minimum absolute atomic E-state index is 0.144. The predicted octanol–water partition coefficient (Wildman–Crippen LogP) is 7.11. The van der Waals surface area contributed by atoms with Crippen LogP contribution in [0.15, 0.2) is 46.4 Å². The van der Waals surface area contributed by atoms with Crippen molar-refractivity contribution in [2.24, 2.45) is 5.11 Å². The molecule has 1 N–H and O–H groups in total. The van der Waals surface area contributed by atoms with Gasteiger partial charge in [-0.05, 0) is 61.7 Å². The summed E-state index contributed by atoms with van der Waals surface area (Å²) >= 11 is 2.86. The minimum Gasteiger partial charge on any atom is -0.484 e. The van der Waals surface area contributed by atoms with Crippen LogP contribution in [0.25, 0.3) is 21.0 Å². The summed E-state index contributed by atoms with van der Waals surface area (Å²) in [5.74, 6) is -0.457. The number of azide groups is 1. The molecule has 0 radical (unpaired) electrons. The van der Waals surface area contributed by atoms with Crippen molar-refractivity contribution in [1.82, 2.24) is 10.3 Å². The first kappa shape index (κ1) is 34.1. The van der Waals surface area contributed by atoms with Gasteiger partial charge in [-0.1, -0.05) is 11.2 Å². The smallest absolute Gasteiger partial charge is 0.419 e. The molecule has 0 aliphatic heterocycles. The Labute approximate surface area is 254 Å².